The Morgan fingerprint density at radius 3 is 2.36 bits per heavy atom. The Labute approximate surface area is 239 Å². The number of thioether (sulfide) groups is 1. The summed E-state index contributed by atoms with van der Waals surface area (Å²) in [5, 5.41) is 2.25. The van der Waals surface area contributed by atoms with Crippen molar-refractivity contribution in [1.29, 1.82) is 0 Å². The van der Waals surface area contributed by atoms with Crippen LogP contribution in [0, 0.1) is 6.92 Å². The van der Waals surface area contributed by atoms with Gasteiger partial charge in [0.25, 0.3) is 11.1 Å². The van der Waals surface area contributed by atoms with Gasteiger partial charge in [-0.2, -0.15) is 0 Å². The summed E-state index contributed by atoms with van der Waals surface area (Å²) in [6.45, 7) is 3.69. The van der Waals surface area contributed by atoms with E-state index in [0.29, 0.717) is 12.1 Å². The molecule has 1 saturated heterocycles. The molecular weight excluding hydrogens is 556 g/mol. The molecule has 4 rings (SSSR count). The summed E-state index contributed by atoms with van der Waals surface area (Å²) in [7, 11) is 0. The summed E-state index contributed by atoms with van der Waals surface area (Å²) >= 11 is 8.51. The van der Waals surface area contributed by atoms with Gasteiger partial charge in [0.2, 0.25) is 5.91 Å². The molecule has 0 unspecified atom stereocenters. The Balaban J connectivity index is 1.38. The molecular formula is C29H25ClN2O5S2. The maximum absolute atomic E-state index is 12.9. The normalized spacial score (nSPS) is 14.1. The number of benzene rings is 3. The average Bonchev–Trinajstić information content (AvgIpc) is 3.17. The van der Waals surface area contributed by atoms with E-state index < -0.39 is 29.6 Å². The zero-order valence-corrected chi connectivity index (χ0v) is 23.6. The molecule has 3 aromatic rings. The number of hydrogen-bond donors (Lipinski definition) is 1. The Kier molecular flexibility index (Phi) is 9.50. The van der Waals surface area contributed by atoms with Gasteiger partial charge in [-0.3, -0.25) is 19.3 Å². The van der Waals surface area contributed by atoms with Gasteiger partial charge in [-0.1, -0.05) is 60.1 Å². The van der Waals surface area contributed by atoms with E-state index in [2.05, 4.69) is 29.6 Å². The lowest BCUT2D eigenvalue weighted by Gasteiger charge is -2.13. The molecule has 0 atom stereocenters. The van der Waals surface area contributed by atoms with Crippen molar-refractivity contribution >= 4 is 69.9 Å². The number of rotatable bonds is 9. The number of hydrogen-bond acceptors (Lipinski definition) is 7. The highest BCUT2D eigenvalue weighted by atomic mass is 35.5. The number of imide groups is 1. The lowest BCUT2D eigenvalue weighted by Crippen LogP contribution is -2.36. The topological polar surface area (TPSA) is 92.8 Å². The quantitative estimate of drug-likeness (QED) is 0.214. The molecule has 0 aromatic heterocycles. The SMILES string of the molecule is CCCOC(=O)c1cc(NC(=O)CN2C(=O)S/C(=C\c3ccc(Sc4ccc(C)cc4)cc3)C2=O)ccc1Cl. The van der Waals surface area contributed by atoms with Crippen LogP contribution in [0.2, 0.25) is 5.02 Å². The van der Waals surface area contributed by atoms with Crippen molar-refractivity contribution in [2.24, 2.45) is 0 Å². The van der Waals surface area contributed by atoms with Crippen LogP contribution < -0.4 is 5.32 Å². The Hall–Kier alpha value is -3.53. The summed E-state index contributed by atoms with van der Waals surface area (Å²) < 4.78 is 5.11. The number of carbonyl (C=O) groups is 4. The predicted octanol–water partition coefficient (Wildman–Crippen LogP) is 7.04. The van der Waals surface area contributed by atoms with E-state index in [-0.39, 0.29) is 22.1 Å². The Morgan fingerprint density at radius 2 is 1.69 bits per heavy atom. The molecule has 10 heteroatoms. The van der Waals surface area contributed by atoms with Crippen LogP contribution in [-0.4, -0.2) is 41.1 Å². The van der Waals surface area contributed by atoms with Gasteiger partial charge in [-0.25, -0.2) is 4.79 Å². The number of nitrogens with zero attached hydrogens (tertiary/aromatic N) is 1. The van der Waals surface area contributed by atoms with E-state index in [1.807, 2.05) is 38.1 Å². The molecule has 200 valence electrons. The van der Waals surface area contributed by atoms with Crippen molar-refractivity contribution in [3.63, 3.8) is 0 Å². The maximum atomic E-state index is 12.9. The van der Waals surface area contributed by atoms with Crippen LogP contribution in [0.4, 0.5) is 10.5 Å². The first kappa shape index (κ1) is 28.5. The summed E-state index contributed by atoms with van der Waals surface area (Å²) in [6, 6.07) is 20.3. The summed E-state index contributed by atoms with van der Waals surface area (Å²) in [6.07, 6.45) is 2.29. The maximum Gasteiger partial charge on any atom is 0.339 e. The van der Waals surface area contributed by atoms with Crippen molar-refractivity contribution in [1.82, 2.24) is 4.90 Å². The van der Waals surface area contributed by atoms with E-state index in [1.165, 1.54) is 23.8 Å². The van der Waals surface area contributed by atoms with Crippen LogP contribution in [-0.2, 0) is 14.3 Å². The van der Waals surface area contributed by atoms with Crippen molar-refractivity contribution in [2.45, 2.75) is 30.1 Å². The zero-order valence-electron chi connectivity index (χ0n) is 21.2. The third kappa shape index (κ3) is 7.53. The number of amides is 3. The Morgan fingerprint density at radius 1 is 1.03 bits per heavy atom. The lowest BCUT2D eigenvalue weighted by molar-refractivity contribution is -0.127. The number of esters is 1. The van der Waals surface area contributed by atoms with Crippen LogP contribution in [0.25, 0.3) is 6.08 Å². The van der Waals surface area contributed by atoms with Crippen molar-refractivity contribution in [3.8, 4) is 0 Å². The summed E-state index contributed by atoms with van der Waals surface area (Å²) in [4.78, 5) is 53.5. The molecule has 0 bridgehead atoms. The highest BCUT2D eigenvalue weighted by Gasteiger charge is 2.36. The van der Waals surface area contributed by atoms with Gasteiger partial charge in [-0.15, -0.1) is 0 Å². The number of nitrogens with one attached hydrogen (secondary N) is 1. The van der Waals surface area contributed by atoms with Crippen LogP contribution in [0.15, 0.2) is 81.4 Å². The van der Waals surface area contributed by atoms with Crippen LogP contribution >= 0.6 is 35.1 Å². The molecule has 1 N–H and O–H groups in total. The second-order valence-corrected chi connectivity index (χ2v) is 11.2. The molecule has 0 spiro atoms. The molecule has 0 saturated carbocycles. The second-order valence-electron chi connectivity index (χ2n) is 8.63. The third-order valence-corrected chi connectivity index (χ3v) is 7.77. The molecule has 1 aliphatic heterocycles. The van der Waals surface area contributed by atoms with Crippen LogP contribution in [0.1, 0.15) is 34.8 Å². The fourth-order valence-corrected chi connectivity index (χ4v) is 5.39. The summed E-state index contributed by atoms with van der Waals surface area (Å²) in [5.41, 5.74) is 2.37. The smallest absolute Gasteiger partial charge is 0.339 e. The third-order valence-electron chi connectivity index (χ3n) is 5.52. The first-order valence-electron chi connectivity index (χ1n) is 12.1. The van der Waals surface area contributed by atoms with Gasteiger partial charge in [0.15, 0.2) is 0 Å². The fraction of sp³-hybridized carbons (Fsp3) is 0.172. The standard InChI is InChI=1S/C29H25ClN2O5S2/c1-3-14-37-28(35)23-16-20(8-13-24(23)30)31-26(33)17-32-27(34)25(39-29(32)36)15-19-6-11-22(12-7-19)38-21-9-4-18(2)5-10-21/h4-13,15-16H,3,14,17H2,1-2H3,(H,31,33)/b25-15-. The lowest BCUT2D eigenvalue weighted by atomic mass is 10.2. The van der Waals surface area contributed by atoms with Gasteiger partial charge in [-0.05, 0) is 79.2 Å². The van der Waals surface area contributed by atoms with Gasteiger partial charge in [0.05, 0.1) is 22.1 Å². The largest absolute Gasteiger partial charge is 0.462 e. The van der Waals surface area contributed by atoms with Crippen LogP contribution in [0.3, 0.4) is 0 Å². The molecule has 0 radical (unpaired) electrons. The highest BCUT2D eigenvalue weighted by molar-refractivity contribution is 8.18. The van der Waals surface area contributed by atoms with Crippen LogP contribution in [0.5, 0.6) is 0 Å². The van der Waals surface area contributed by atoms with Gasteiger partial charge in [0, 0.05) is 15.5 Å². The molecule has 1 aliphatic rings. The summed E-state index contributed by atoms with van der Waals surface area (Å²) in [5.74, 6) is -1.74. The van der Waals surface area contributed by atoms with Crippen molar-refractivity contribution < 1.29 is 23.9 Å². The molecule has 0 aliphatic carbocycles. The molecule has 3 amide bonds. The first-order chi connectivity index (χ1) is 18.7. The number of halogens is 1. The first-order valence-corrected chi connectivity index (χ1v) is 14.1. The fourth-order valence-electron chi connectivity index (χ4n) is 3.54. The number of aryl methyl sites for hydroxylation is 1. The molecule has 1 heterocycles. The van der Waals surface area contributed by atoms with Crippen molar-refractivity contribution in [2.75, 3.05) is 18.5 Å². The number of carbonyl (C=O) groups excluding carboxylic acids is 4. The van der Waals surface area contributed by atoms with E-state index in [0.717, 1.165) is 32.0 Å². The second kappa shape index (κ2) is 13.0. The van der Waals surface area contributed by atoms with E-state index in [9.17, 15) is 19.2 Å². The highest BCUT2D eigenvalue weighted by Crippen LogP contribution is 2.33. The molecule has 1 fully saturated rings. The van der Waals surface area contributed by atoms with E-state index in [1.54, 1.807) is 17.8 Å². The molecule has 3 aromatic carbocycles. The minimum atomic E-state index is -0.601. The molecule has 39 heavy (non-hydrogen) atoms. The van der Waals surface area contributed by atoms with E-state index in [4.69, 9.17) is 16.3 Å². The van der Waals surface area contributed by atoms with Gasteiger partial charge >= 0.3 is 5.97 Å². The van der Waals surface area contributed by atoms with Gasteiger partial charge < -0.3 is 10.1 Å². The van der Waals surface area contributed by atoms with Crippen molar-refractivity contribution in [3.05, 3.63) is 93.3 Å². The Bertz CT molecular complexity index is 1440. The minimum Gasteiger partial charge on any atom is -0.462 e. The molecule has 7 nitrogen and oxygen atoms in total. The number of ether oxygens (including phenoxy) is 1. The minimum absolute atomic E-state index is 0.111. The van der Waals surface area contributed by atoms with Gasteiger partial charge in [0.1, 0.15) is 6.54 Å². The van der Waals surface area contributed by atoms with E-state index >= 15 is 0 Å². The zero-order chi connectivity index (χ0) is 27.9. The predicted molar refractivity (Wildman–Crippen MR) is 155 cm³/mol. The number of anilines is 1. The average molecular weight is 581 g/mol. The monoisotopic (exact) mass is 580 g/mol.